The molecule has 3 aromatic carbocycles. The summed E-state index contributed by atoms with van der Waals surface area (Å²) in [5, 5.41) is 20.0. The third-order valence-corrected chi connectivity index (χ3v) is 6.69. The summed E-state index contributed by atoms with van der Waals surface area (Å²) in [5.41, 5.74) is 4.28. The highest BCUT2D eigenvalue weighted by Crippen LogP contribution is 2.28. The van der Waals surface area contributed by atoms with Gasteiger partial charge in [0.15, 0.2) is 11.0 Å². The van der Waals surface area contributed by atoms with Gasteiger partial charge in [0, 0.05) is 18.4 Å². The Balaban J connectivity index is 1.38. The zero-order chi connectivity index (χ0) is 23.9. The molecule has 0 fully saturated rings. The number of hydrogen-bond donors (Lipinski definition) is 1. The third kappa shape index (κ3) is 5.86. The molecule has 1 heterocycles. The van der Waals surface area contributed by atoms with Crippen molar-refractivity contribution in [3.63, 3.8) is 0 Å². The highest BCUT2D eigenvalue weighted by molar-refractivity contribution is 7.99. The topological polar surface area (TPSA) is 69.4 Å². The number of rotatable bonds is 10. The highest BCUT2D eigenvalue weighted by Gasteiger charge is 2.18. The van der Waals surface area contributed by atoms with Gasteiger partial charge in [0.05, 0.1) is 19.8 Å². The molecular formula is C27H29N3O3S. The molecular weight excluding hydrogens is 446 g/mol. The van der Waals surface area contributed by atoms with E-state index >= 15 is 0 Å². The average Bonchev–Trinajstić information content (AvgIpc) is 3.24. The van der Waals surface area contributed by atoms with Crippen molar-refractivity contribution in [2.45, 2.75) is 24.3 Å². The van der Waals surface area contributed by atoms with Gasteiger partial charge in [-0.15, -0.1) is 10.2 Å². The minimum Gasteiger partial charge on any atom is -0.497 e. The van der Waals surface area contributed by atoms with Crippen molar-refractivity contribution in [2.75, 3.05) is 19.5 Å². The Morgan fingerprint density at radius 3 is 2.26 bits per heavy atom. The Morgan fingerprint density at radius 2 is 1.59 bits per heavy atom. The summed E-state index contributed by atoms with van der Waals surface area (Å²) in [6.45, 7) is 2.28. The van der Waals surface area contributed by atoms with Gasteiger partial charge in [0.2, 0.25) is 0 Å². The molecule has 0 unspecified atom stereocenters. The maximum absolute atomic E-state index is 10.7. The van der Waals surface area contributed by atoms with Crippen LogP contribution in [-0.4, -0.2) is 45.4 Å². The van der Waals surface area contributed by atoms with Gasteiger partial charge < -0.3 is 19.1 Å². The van der Waals surface area contributed by atoms with Crippen LogP contribution in [0, 0.1) is 6.92 Å². The number of thioether (sulfide) groups is 1. The summed E-state index contributed by atoms with van der Waals surface area (Å²) in [4.78, 5) is 0. The largest absolute Gasteiger partial charge is 0.497 e. The summed E-state index contributed by atoms with van der Waals surface area (Å²) < 4.78 is 13.4. The van der Waals surface area contributed by atoms with Crippen LogP contribution in [0.15, 0.2) is 84.0 Å². The summed E-state index contributed by atoms with van der Waals surface area (Å²) in [5.74, 6) is 2.01. The first kappa shape index (κ1) is 24.0. The van der Waals surface area contributed by atoms with E-state index in [-0.39, 0.29) is 12.7 Å². The van der Waals surface area contributed by atoms with Crippen LogP contribution in [0.1, 0.15) is 22.8 Å². The normalized spacial score (nSPS) is 12.9. The second-order valence-electron chi connectivity index (χ2n) is 8.09. The standard InChI is InChI=1S/C27H29N3O3S/c1-19-9-11-21(12-10-19)25(20-7-5-4-6-8-20)33-17-23(31)18-34-27-29-28-26(30(27)2)22-13-15-24(32-3)16-14-22/h4-16,23,25,31H,17-18H2,1-3H3/t23-,25+/m1/s1. The van der Waals surface area contributed by atoms with Crippen molar-refractivity contribution in [3.05, 3.63) is 95.6 Å². The van der Waals surface area contributed by atoms with Gasteiger partial charge in [-0.3, -0.25) is 0 Å². The quantitative estimate of drug-likeness (QED) is 0.324. The van der Waals surface area contributed by atoms with Gasteiger partial charge >= 0.3 is 0 Å². The predicted octanol–water partition coefficient (Wildman–Crippen LogP) is 5.06. The van der Waals surface area contributed by atoms with Crippen LogP contribution in [0.3, 0.4) is 0 Å². The van der Waals surface area contributed by atoms with Gasteiger partial charge in [-0.05, 0) is 42.3 Å². The molecule has 7 heteroatoms. The number of nitrogens with zero attached hydrogens (tertiary/aromatic N) is 3. The molecule has 2 atom stereocenters. The first-order valence-corrected chi connectivity index (χ1v) is 12.1. The van der Waals surface area contributed by atoms with Crippen LogP contribution < -0.4 is 4.74 Å². The van der Waals surface area contributed by atoms with Gasteiger partial charge in [0.1, 0.15) is 11.9 Å². The molecule has 0 amide bonds. The fourth-order valence-corrected chi connectivity index (χ4v) is 4.43. The van der Waals surface area contributed by atoms with E-state index in [2.05, 4.69) is 41.4 Å². The van der Waals surface area contributed by atoms with E-state index in [1.165, 1.54) is 17.3 Å². The number of methoxy groups -OCH3 is 1. The second-order valence-corrected chi connectivity index (χ2v) is 9.08. The van der Waals surface area contributed by atoms with E-state index in [0.29, 0.717) is 5.75 Å². The monoisotopic (exact) mass is 475 g/mol. The van der Waals surface area contributed by atoms with Crippen LogP contribution in [0.25, 0.3) is 11.4 Å². The van der Waals surface area contributed by atoms with Gasteiger partial charge in [-0.2, -0.15) is 0 Å². The Labute approximate surface area is 204 Å². The molecule has 1 N–H and O–H groups in total. The first-order valence-electron chi connectivity index (χ1n) is 11.1. The smallest absolute Gasteiger partial charge is 0.191 e. The fourth-order valence-electron chi connectivity index (χ4n) is 3.61. The molecule has 0 radical (unpaired) electrons. The molecule has 0 aliphatic rings. The minimum atomic E-state index is -0.650. The highest BCUT2D eigenvalue weighted by atomic mass is 32.2. The minimum absolute atomic E-state index is 0.212. The van der Waals surface area contributed by atoms with Crippen LogP contribution in [-0.2, 0) is 11.8 Å². The zero-order valence-corrected chi connectivity index (χ0v) is 20.4. The van der Waals surface area contributed by atoms with E-state index in [1.54, 1.807) is 7.11 Å². The molecule has 4 aromatic rings. The molecule has 34 heavy (non-hydrogen) atoms. The van der Waals surface area contributed by atoms with E-state index in [9.17, 15) is 5.11 Å². The van der Waals surface area contributed by atoms with E-state index in [1.807, 2.05) is 66.2 Å². The lowest BCUT2D eigenvalue weighted by Crippen LogP contribution is -2.21. The molecule has 0 spiro atoms. The van der Waals surface area contributed by atoms with Crippen LogP contribution in [0.5, 0.6) is 5.75 Å². The lowest BCUT2D eigenvalue weighted by molar-refractivity contribution is 0.0155. The molecule has 4 rings (SSSR count). The van der Waals surface area contributed by atoms with Crippen molar-refractivity contribution in [1.82, 2.24) is 14.8 Å². The van der Waals surface area contributed by atoms with E-state index in [4.69, 9.17) is 9.47 Å². The summed E-state index contributed by atoms with van der Waals surface area (Å²) >= 11 is 1.46. The molecule has 176 valence electrons. The van der Waals surface area contributed by atoms with E-state index in [0.717, 1.165) is 33.4 Å². The number of aryl methyl sites for hydroxylation is 1. The van der Waals surface area contributed by atoms with Crippen LogP contribution >= 0.6 is 11.8 Å². The number of ether oxygens (including phenoxy) is 2. The summed E-state index contributed by atoms with van der Waals surface area (Å²) in [6.07, 6.45) is -0.888. The van der Waals surface area contributed by atoms with Gasteiger partial charge in [-0.25, -0.2) is 0 Å². The van der Waals surface area contributed by atoms with Crippen molar-refractivity contribution in [3.8, 4) is 17.1 Å². The summed E-state index contributed by atoms with van der Waals surface area (Å²) in [7, 11) is 3.57. The maximum atomic E-state index is 10.7. The number of benzene rings is 3. The number of aromatic nitrogens is 3. The predicted molar refractivity (Wildman–Crippen MR) is 135 cm³/mol. The van der Waals surface area contributed by atoms with E-state index < -0.39 is 6.10 Å². The number of aliphatic hydroxyl groups is 1. The molecule has 0 saturated heterocycles. The number of aliphatic hydroxyl groups excluding tert-OH is 1. The lowest BCUT2D eigenvalue weighted by Gasteiger charge is -2.21. The Morgan fingerprint density at radius 1 is 0.912 bits per heavy atom. The van der Waals surface area contributed by atoms with Crippen LogP contribution in [0.2, 0.25) is 0 Å². The summed E-state index contributed by atoms with van der Waals surface area (Å²) in [6, 6.07) is 26.1. The maximum Gasteiger partial charge on any atom is 0.191 e. The molecule has 0 aliphatic carbocycles. The molecule has 6 nitrogen and oxygen atoms in total. The zero-order valence-electron chi connectivity index (χ0n) is 19.6. The lowest BCUT2D eigenvalue weighted by atomic mass is 10.0. The van der Waals surface area contributed by atoms with Gasteiger partial charge in [0.25, 0.3) is 0 Å². The van der Waals surface area contributed by atoms with Crippen molar-refractivity contribution in [2.24, 2.45) is 7.05 Å². The SMILES string of the molecule is COc1ccc(-c2nnc(SC[C@H](O)CO[C@@H](c3ccccc3)c3ccc(C)cc3)n2C)cc1. The van der Waals surface area contributed by atoms with Crippen molar-refractivity contribution >= 4 is 11.8 Å². The third-order valence-electron chi connectivity index (χ3n) is 5.53. The molecule has 0 aliphatic heterocycles. The molecule has 1 aromatic heterocycles. The van der Waals surface area contributed by atoms with Crippen molar-refractivity contribution in [1.29, 1.82) is 0 Å². The average molecular weight is 476 g/mol. The molecule has 0 bridgehead atoms. The first-order chi connectivity index (χ1) is 16.5. The van der Waals surface area contributed by atoms with Crippen molar-refractivity contribution < 1.29 is 14.6 Å². The Hall–Kier alpha value is -3.13. The molecule has 0 saturated carbocycles. The number of hydrogen-bond acceptors (Lipinski definition) is 6. The Bertz CT molecular complexity index is 1180. The second kappa shape index (κ2) is 11.3. The van der Waals surface area contributed by atoms with Gasteiger partial charge in [-0.1, -0.05) is 71.9 Å². The van der Waals surface area contributed by atoms with Crippen LogP contribution in [0.4, 0.5) is 0 Å². The fraction of sp³-hybridized carbons (Fsp3) is 0.259. The Kier molecular flexibility index (Phi) is 8.00.